The van der Waals surface area contributed by atoms with Crippen molar-refractivity contribution < 1.29 is 28.7 Å². The van der Waals surface area contributed by atoms with Crippen molar-refractivity contribution in [2.24, 2.45) is 11.8 Å². The average molecular weight is 393 g/mol. The zero-order valence-corrected chi connectivity index (χ0v) is 16.5. The minimum atomic E-state index is -1.23. The number of benzene rings is 1. The molecule has 1 aromatic carbocycles. The second-order valence-corrected chi connectivity index (χ2v) is 6.98. The first-order valence-electron chi connectivity index (χ1n) is 9.58. The van der Waals surface area contributed by atoms with Gasteiger partial charge < -0.3 is 14.2 Å². The second kappa shape index (κ2) is 10.1. The van der Waals surface area contributed by atoms with E-state index in [4.69, 9.17) is 14.2 Å². The third-order valence-electron chi connectivity index (χ3n) is 5.04. The van der Waals surface area contributed by atoms with Gasteiger partial charge in [-0.15, -0.1) is 0 Å². The van der Waals surface area contributed by atoms with Crippen molar-refractivity contribution in [1.82, 2.24) is 0 Å². The van der Waals surface area contributed by atoms with Gasteiger partial charge in [0.25, 0.3) is 0 Å². The van der Waals surface area contributed by atoms with Crippen LogP contribution in [0.3, 0.4) is 0 Å². The summed E-state index contributed by atoms with van der Waals surface area (Å²) in [7, 11) is 0. The molecule has 1 aliphatic heterocycles. The molecule has 1 aromatic rings. The van der Waals surface area contributed by atoms with E-state index >= 15 is 0 Å². The van der Waals surface area contributed by atoms with Crippen molar-refractivity contribution in [3.05, 3.63) is 33.9 Å². The Bertz CT molecular complexity index is 719. The topological polar surface area (TPSA) is 105 Å². The van der Waals surface area contributed by atoms with Crippen LogP contribution in [0.1, 0.15) is 51.5 Å². The number of carbonyl (C=O) groups excluding carboxylic acids is 2. The van der Waals surface area contributed by atoms with Crippen LogP contribution in [0.15, 0.2) is 18.2 Å². The van der Waals surface area contributed by atoms with Gasteiger partial charge in [-0.25, -0.2) is 0 Å². The fourth-order valence-corrected chi connectivity index (χ4v) is 3.21. The molecule has 28 heavy (non-hydrogen) atoms. The van der Waals surface area contributed by atoms with Crippen molar-refractivity contribution >= 4 is 11.8 Å². The lowest BCUT2D eigenvalue weighted by Gasteiger charge is -2.23. The molecule has 0 bridgehead atoms. The van der Waals surface area contributed by atoms with Crippen molar-refractivity contribution in [1.29, 1.82) is 0 Å². The summed E-state index contributed by atoms with van der Waals surface area (Å²) in [5.41, 5.74) is 0.482. The molecule has 0 N–H and O–H groups in total. The molecule has 154 valence electrons. The summed E-state index contributed by atoms with van der Waals surface area (Å²) in [4.78, 5) is 36.4. The fraction of sp³-hybridized carbons (Fsp3) is 0.600. The summed E-state index contributed by atoms with van der Waals surface area (Å²) in [6.07, 6.45) is 1.71. The van der Waals surface area contributed by atoms with Gasteiger partial charge >= 0.3 is 5.97 Å². The highest BCUT2D eigenvalue weighted by atomic mass is 16.7. The largest absolute Gasteiger partial charge is 0.465 e. The van der Waals surface area contributed by atoms with Crippen molar-refractivity contribution in [3.8, 4) is 11.5 Å². The molecule has 8 nitrogen and oxygen atoms in total. The Balaban J connectivity index is 2.36. The van der Waals surface area contributed by atoms with Gasteiger partial charge in [-0.1, -0.05) is 26.3 Å². The van der Waals surface area contributed by atoms with E-state index in [0.29, 0.717) is 29.4 Å². The third kappa shape index (κ3) is 5.43. The number of hydrogen-bond acceptors (Lipinski definition) is 7. The van der Waals surface area contributed by atoms with Crippen LogP contribution in [0.2, 0.25) is 0 Å². The number of rotatable bonds is 11. The van der Waals surface area contributed by atoms with Crippen molar-refractivity contribution in [3.63, 3.8) is 0 Å². The number of Topliss-reactive ketones (excluding diaryl/α,β-unsaturated/α-hetero) is 1. The predicted molar refractivity (Wildman–Crippen MR) is 101 cm³/mol. The van der Waals surface area contributed by atoms with Crippen LogP contribution >= 0.6 is 0 Å². The molecule has 0 saturated heterocycles. The van der Waals surface area contributed by atoms with E-state index in [1.807, 2.05) is 13.8 Å². The molecular formula is C20H27NO7. The Morgan fingerprint density at radius 1 is 1.25 bits per heavy atom. The number of esters is 1. The number of carbonyl (C=O) groups is 2. The van der Waals surface area contributed by atoms with E-state index in [-0.39, 0.29) is 25.6 Å². The van der Waals surface area contributed by atoms with Crippen LogP contribution < -0.4 is 9.47 Å². The number of fused-ring (bicyclic) bond motifs is 1. The lowest BCUT2D eigenvalue weighted by Crippen LogP contribution is -2.35. The first kappa shape index (κ1) is 21.7. The molecular weight excluding hydrogens is 366 g/mol. The van der Waals surface area contributed by atoms with Gasteiger partial charge in [0.2, 0.25) is 13.3 Å². The summed E-state index contributed by atoms with van der Waals surface area (Å²) in [6.45, 7) is 5.30. The smallest absolute Gasteiger partial charge is 0.317 e. The van der Waals surface area contributed by atoms with Crippen LogP contribution in [-0.2, 0) is 14.3 Å². The molecule has 8 heteroatoms. The molecule has 0 spiro atoms. The first-order valence-corrected chi connectivity index (χ1v) is 9.58. The minimum Gasteiger partial charge on any atom is -0.465 e. The summed E-state index contributed by atoms with van der Waals surface area (Å²) >= 11 is 0. The molecule has 0 aliphatic carbocycles. The maximum Gasteiger partial charge on any atom is 0.317 e. The number of ether oxygens (including phenoxy) is 3. The first-order chi connectivity index (χ1) is 13.4. The third-order valence-corrected chi connectivity index (χ3v) is 5.04. The van der Waals surface area contributed by atoms with E-state index in [2.05, 4.69) is 0 Å². The van der Waals surface area contributed by atoms with E-state index < -0.39 is 29.3 Å². The van der Waals surface area contributed by atoms with Gasteiger partial charge in [-0.2, -0.15) is 0 Å². The molecule has 0 radical (unpaired) electrons. The summed E-state index contributed by atoms with van der Waals surface area (Å²) in [6, 6.07) is 4.87. The van der Waals surface area contributed by atoms with Crippen LogP contribution in [0, 0.1) is 22.0 Å². The number of nitrogens with zero attached hydrogens (tertiary/aromatic N) is 1. The molecule has 3 unspecified atom stereocenters. The molecule has 0 fully saturated rings. The predicted octanol–water partition coefficient (Wildman–Crippen LogP) is 3.35. The summed E-state index contributed by atoms with van der Waals surface area (Å²) in [5.74, 6) is -1.92. The van der Waals surface area contributed by atoms with Gasteiger partial charge in [-0.05, 0) is 37.0 Å². The van der Waals surface area contributed by atoms with Crippen molar-refractivity contribution in [2.75, 3.05) is 19.9 Å². The van der Waals surface area contributed by atoms with Crippen LogP contribution in [0.25, 0.3) is 0 Å². The zero-order chi connectivity index (χ0) is 20.7. The highest BCUT2D eigenvalue weighted by Crippen LogP contribution is 2.37. The molecule has 1 aliphatic rings. The van der Waals surface area contributed by atoms with Crippen LogP contribution in [0.4, 0.5) is 0 Å². The summed E-state index contributed by atoms with van der Waals surface area (Å²) in [5, 5.41) is 11.3. The highest BCUT2D eigenvalue weighted by molar-refractivity contribution is 6.00. The van der Waals surface area contributed by atoms with Gasteiger partial charge in [0.15, 0.2) is 11.5 Å². The maximum atomic E-state index is 12.9. The van der Waals surface area contributed by atoms with E-state index in [1.165, 1.54) is 0 Å². The highest BCUT2D eigenvalue weighted by Gasteiger charge is 2.40. The van der Waals surface area contributed by atoms with Gasteiger partial charge in [0, 0.05) is 11.3 Å². The Morgan fingerprint density at radius 3 is 2.61 bits per heavy atom. The molecule has 0 amide bonds. The Hall–Kier alpha value is -2.64. The molecule has 0 aromatic heterocycles. The number of nitro groups is 1. The standard InChI is InChI=1S/C20H27NO7/c1-4-13(3)6-8-16(22)19(20(23)26-5-2)15(11-21(24)25)14-7-9-17-18(10-14)28-12-27-17/h7,9-10,13,15,19H,4-6,8,11-12H2,1-3H3. The van der Waals surface area contributed by atoms with E-state index in [1.54, 1.807) is 25.1 Å². The number of ketones is 1. The monoisotopic (exact) mass is 393 g/mol. The van der Waals surface area contributed by atoms with Crippen LogP contribution in [0.5, 0.6) is 11.5 Å². The van der Waals surface area contributed by atoms with Crippen molar-refractivity contribution in [2.45, 2.75) is 46.0 Å². The maximum absolute atomic E-state index is 12.9. The second-order valence-electron chi connectivity index (χ2n) is 6.98. The quantitative estimate of drug-likeness (QED) is 0.246. The van der Waals surface area contributed by atoms with Gasteiger partial charge in [-0.3, -0.25) is 19.7 Å². The number of hydrogen-bond donors (Lipinski definition) is 0. The SMILES string of the molecule is CCOC(=O)C(C(=O)CCC(C)CC)C(C[N+](=O)[O-])c1ccc2c(c1)OCO2. The Kier molecular flexibility index (Phi) is 7.78. The zero-order valence-electron chi connectivity index (χ0n) is 16.5. The fourth-order valence-electron chi connectivity index (χ4n) is 3.21. The van der Waals surface area contributed by atoms with E-state index in [9.17, 15) is 19.7 Å². The minimum absolute atomic E-state index is 0.0633. The molecule has 1 heterocycles. The lowest BCUT2D eigenvalue weighted by molar-refractivity contribution is -0.484. The Labute approximate surface area is 164 Å². The summed E-state index contributed by atoms with van der Waals surface area (Å²) < 4.78 is 15.7. The normalized spacial score (nSPS) is 15.5. The van der Waals surface area contributed by atoms with E-state index in [0.717, 1.165) is 6.42 Å². The molecule has 3 atom stereocenters. The van der Waals surface area contributed by atoms with Gasteiger partial charge in [0.1, 0.15) is 11.7 Å². The Morgan fingerprint density at radius 2 is 1.96 bits per heavy atom. The van der Waals surface area contributed by atoms with Crippen LogP contribution in [-0.4, -0.2) is 36.6 Å². The average Bonchev–Trinajstić information content (AvgIpc) is 3.13. The lowest BCUT2D eigenvalue weighted by atomic mass is 9.81. The molecule has 2 rings (SSSR count). The van der Waals surface area contributed by atoms with Gasteiger partial charge in [0.05, 0.1) is 12.5 Å². The molecule has 0 saturated carbocycles.